The predicted molar refractivity (Wildman–Crippen MR) is 120 cm³/mol. The van der Waals surface area contributed by atoms with Gasteiger partial charge in [-0.05, 0) is 67.1 Å². The molecule has 1 N–H and O–H groups in total. The Bertz CT molecular complexity index is 1060. The monoisotopic (exact) mass is 462 g/mol. The Morgan fingerprint density at radius 3 is 2.74 bits per heavy atom. The summed E-state index contributed by atoms with van der Waals surface area (Å²) < 4.78 is 19.0. The van der Waals surface area contributed by atoms with Gasteiger partial charge in [-0.1, -0.05) is 30.7 Å². The van der Waals surface area contributed by atoms with Crippen molar-refractivity contribution >= 4 is 52.2 Å². The van der Waals surface area contributed by atoms with E-state index in [1.807, 2.05) is 13.8 Å². The molecular formula is C22H20ClFN2O4S. The molecule has 1 heterocycles. The van der Waals surface area contributed by atoms with Crippen LogP contribution in [0.4, 0.5) is 14.9 Å². The highest BCUT2D eigenvalue weighted by Gasteiger charge is 2.36. The lowest BCUT2D eigenvalue weighted by molar-refractivity contribution is -0.127. The van der Waals surface area contributed by atoms with Gasteiger partial charge in [0.2, 0.25) is 5.91 Å². The Kier molecular flexibility index (Phi) is 7.35. The largest absolute Gasteiger partial charge is 0.489 e. The van der Waals surface area contributed by atoms with Crippen LogP contribution >= 0.6 is 23.4 Å². The first-order valence-electron chi connectivity index (χ1n) is 9.53. The topological polar surface area (TPSA) is 75.7 Å². The molecule has 1 aliphatic heterocycles. The van der Waals surface area contributed by atoms with Crippen molar-refractivity contribution in [2.45, 2.75) is 26.4 Å². The summed E-state index contributed by atoms with van der Waals surface area (Å²) in [6.45, 7) is 3.47. The molecule has 3 rings (SSSR count). The van der Waals surface area contributed by atoms with E-state index in [0.29, 0.717) is 16.3 Å². The van der Waals surface area contributed by atoms with Crippen molar-refractivity contribution in [2.75, 3.05) is 11.9 Å². The van der Waals surface area contributed by atoms with Crippen LogP contribution in [0.5, 0.6) is 5.75 Å². The number of halogens is 2. The van der Waals surface area contributed by atoms with Gasteiger partial charge in [0, 0.05) is 5.69 Å². The number of rotatable bonds is 7. The van der Waals surface area contributed by atoms with Crippen molar-refractivity contribution in [2.24, 2.45) is 0 Å². The first-order valence-corrected chi connectivity index (χ1v) is 10.7. The second-order valence-corrected chi connectivity index (χ2v) is 8.25. The molecule has 1 saturated heterocycles. The van der Waals surface area contributed by atoms with E-state index in [0.717, 1.165) is 29.1 Å². The molecular weight excluding hydrogens is 443 g/mol. The van der Waals surface area contributed by atoms with Gasteiger partial charge in [-0.3, -0.25) is 19.3 Å². The molecule has 0 radical (unpaired) electrons. The average Bonchev–Trinajstić information content (AvgIpc) is 2.97. The molecule has 0 aromatic heterocycles. The third-order valence-electron chi connectivity index (χ3n) is 4.44. The molecule has 0 unspecified atom stereocenters. The minimum absolute atomic E-state index is 0.0124. The molecule has 1 aliphatic rings. The van der Waals surface area contributed by atoms with E-state index in [2.05, 4.69) is 5.32 Å². The molecule has 2 aromatic rings. The van der Waals surface area contributed by atoms with Crippen LogP contribution < -0.4 is 10.1 Å². The van der Waals surface area contributed by atoms with Gasteiger partial charge in [0.15, 0.2) is 0 Å². The lowest BCUT2D eigenvalue weighted by Gasteiger charge is -2.14. The smallest absolute Gasteiger partial charge is 0.294 e. The molecule has 2 aromatic carbocycles. The fourth-order valence-electron chi connectivity index (χ4n) is 2.70. The Morgan fingerprint density at radius 2 is 2.06 bits per heavy atom. The summed E-state index contributed by atoms with van der Waals surface area (Å²) in [5.41, 5.74) is 0.859. The van der Waals surface area contributed by atoms with Crippen molar-refractivity contribution in [3.8, 4) is 5.75 Å². The standard InChI is InChI=1S/C22H20ClFN2O4S/c1-3-13(2)30-18-8-7-14(9-17(18)23)10-19-21(28)26(22(29)31-19)12-20(27)25-16-6-4-5-15(24)11-16/h4-11,13H,3,12H2,1-2H3,(H,25,27)/b19-10+/t13-/m1/s1. The molecule has 6 nitrogen and oxygen atoms in total. The minimum atomic E-state index is -0.608. The molecule has 1 fully saturated rings. The van der Waals surface area contributed by atoms with Crippen molar-refractivity contribution in [3.63, 3.8) is 0 Å². The lowest BCUT2D eigenvalue weighted by Crippen LogP contribution is -2.36. The first-order chi connectivity index (χ1) is 14.8. The van der Waals surface area contributed by atoms with Crippen LogP contribution in [0.25, 0.3) is 6.08 Å². The highest BCUT2D eigenvalue weighted by atomic mass is 35.5. The number of ether oxygens (including phenoxy) is 1. The maximum Gasteiger partial charge on any atom is 0.294 e. The number of amides is 3. The Morgan fingerprint density at radius 1 is 1.29 bits per heavy atom. The van der Waals surface area contributed by atoms with Crippen molar-refractivity contribution in [1.82, 2.24) is 4.90 Å². The zero-order valence-corrected chi connectivity index (χ0v) is 18.4. The summed E-state index contributed by atoms with van der Waals surface area (Å²) in [4.78, 5) is 38.1. The molecule has 3 amide bonds. The highest BCUT2D eigenvalue weighted by Crippen LogP contribution is 2.34. The Hall–Kier alpha value is -2.84. The predicted octanol–water partition coefficient (Wildman–Crippen LogP) is 5.33. The summed E-state index contributed by atoms with van der Waals surface area (Å²) in [5, 5.41) is 2.29. The number of nitrogens with one attached hydrogen (secondary N) is 1. The van der Waals surface area contributed by atoms with Gasteiger partial charge in [0.05, 0.1) is 16.0 Å². The van der Waals surface area contributed by atoms with Gasteiger partial charge in [-0.15, -0.1) is 0 Å². The number of thioether (sulfide) groups is 1. The molecule has 0 bridgehead atoms. The summed E-state index contributed by atoms with van der Waals surface area (Å²) in [7, 11) is 0. The number of imide groups is 1. The number of carbonyl (C=O) groups is 3. The van der Waals surface area contributed by atoms with E-state index in [1.54, 1.807) is 18.2 Å². The quantitative estimate of drug-likeness (QED) is 0.563. The third kappa shape index (κ3) is 5.86. The van der Waals surface area contributed by atoms with Crippen molar-refractivity contribution in [3.05, 3.63) is 63.8 Å². The molecule has 0 saturated carbocycles. The van der Waals surface area contributed by atoms with E-state index >= 15 is 0 Å². The summed E-state index contributed by atoms with van der Waals surface area (Å²) in [5.74, 6) is -1.16. The van der Waals surface area contributed by atoms with Crippen LogP contribution in [0.1, 0.15) is 25.8 Å². The normalized spacial score (nSPS) is 16.0. The van der Waals surface area contributed by atoms with E-state index in [9.17, 15) is 18.8 Å². The molecule has 9 heteroatoms. The first kappa shape index (κ1) is 22.8. The number of benzene rings is 2. The second kappa shape index (κ2) is 9.98. The van der Waals surface area contributed by atoms with Crippen LogP contribution in [0, 0.1) is 5.82 Å². The molecule has 162 valence electrons. The fraction of sp³-hybridized carbons (Fsp3) is 0.227. The number of hydrogen-bond acceptors (Lipinski definition) is 5. The number of hydrogen-bond donors (Lipinski definition) is 1. The summed E-state index contributed by atoms with van der Waals surface area (Å²) in [6, 6.07) is 10.4. The van der Waals surface area contributed by atoms with Gasteiger partial charge in [-0.2, -0.15) is 0 Å². The maximum atomic E-state index is 13.2. The van der Waals surface area contributed by atoms with E-state index in [1.165, 1.54) is 24.3 Å². The minimum Gasteiger partial charge on any atom is -0.489 e. The lowest BCUT2D eigenvalue weighted by atomic mass is 10.2. The number of nitrogens with zero attached hydrogens (tertiary/aromatic N) is 1. The van der Waals surface area contributed by atoms with Crippen LogP contribution in [0.3, 0.4) is 0 Å². The summed E-state index contributed by atoms with van der Waals surface area (Å²) in [6.07, 6.45) is 2.38. The van der Waals surface area contributed by atoms with Crippen molar-refractivity contribution in [1.29, 1.82) is 0 Å². The van der Waals surface area contributed by atoms with Crippen molar-refractivity contribution < 1.29 is 23.5 Å². The second-order valence-electron chi connectivity index (χ2n) is 6.85. The van der Waals surface area contributed by atoms with Crippen LogP contribution in [-0.2, 0) is 9.59 Å². The number of carbonyl (C=O) groups excluding carboxylic acids is 3. The van der Waals surface area contributed by atoms with Crippen LogP contribution in [0.2, 0.25) is 5.02 Å². The highest BCUT2D eigenvalue weighted by molar-refractivity contribution is 8.18. The van der Waals surface area contributed by atoms with Gasteiger partial charge in [-0.25, -0.2) is 4.39 Å². The molecule has 0 aliphatic carbocycles. The SMILES string of the molecule is CC[C@@H](C)Oc1ccc(/C=C2/SC(=O)N(CC(=O)Nc3cccc(F)c3)C2=O)cc1Cl. The van der Waals surface area contributed by atoms with Crippen LogP contribution in [-0.4, -0.2) is 34.6 Å². The van der Waals surface area contributed by atoms with Gasteiger partial charge < -0.3 is 10.1 Å². The van der Waals surface area contributed by atoms with Crippen LogP contribution in [0.15, 0.2) is 47.4 Å². The van der Waals surface area contributed by atoms with E-state index < -0.39 is 29.4 Å². The average molecular weight is 463 g/mol. The van der Waals surface area contributed by atoms with Gasteiger partial charge >= 0.3 is 0 Å². The fourth-order valence-corrected chi connectivity index (χ4v) is 3.77. The maximum absolute atomic E-state index is 13.2. The summed E-state index contributed by atoms with van der Waals surface area (Å²) >= 11 is 7.00. The van der Waals surface area contributed by atoms with E-state index in [-0.39, 0.29) is 16.7 Å². The zero-order valence-electron chi connectivity index (χ0n) is 16.9. The van der Waals surface area contributed by atoms with Gasteiger partial charge in [0.25, 0.3) is 11.1 Å². The molecule has 31 heavy (non-hydrogen) atoms. The Balaban J connectivity index is 1.68. The Labute approximate surface area is 188 Å². The molecule has 0 spiro atoms. The third-order valence-corrected chi connectivity index (χ3v) is 5.64. The van der Waals surface area contributed by atoms with E-state index in [4.69, 9.17) is 16.3 Å². The van der Waals surface area contributed by atoms with Gasteiger partial charge in [0.1, 0.15) is 18.1 Å². The molecule has 1 atom stereocenters. The zero-order chi connectivity index (χ0) is 22.5. The number of anilines is 1.